The quantitative estimate of drug-likeness (QED) is 0.779. The fourth-order valence-electron chi connectivity index (χ4n) is 1.04. The van der Waals surface area contributed by atoms with Crippen LogP contribution in [-0.2, 0) is 0 Å². The van der Waals surface area contributed by atoms with Crippen LogP contribution in [0.15, 0.2) is 12.5 Å². The van der Waals surface area contributed by atoms with Gasteiger partial charge in [-0.15, -0.1) is 0 Å². The maximum atomic E-state index is 4.24. The second-order valence-electron chi connectivity index (χ2n) is 3.42. The molecular formula is C9H15IN4. The topological polar surface area (TPSA) is 32.3 Å². The lowest BCUT2D eigenvalue weighted by Crippen LogP contribution is -2.29. The third-order valence-electron chi connectivity index (χ3n) is 1.89. The van der Waals surface area contributed by atoms with E-state index in [1.165, 1.54) is 0 Å². The summed E-state index contributed by atoms with van der Waals surface area (Å²) in [5, 5.41) is 0. The van der Waals surface area contributed by atoms with Gasteiger partial charge in [-0.25, -0.2) is 9.97 Å². The van der Waals surface area contributed by atoms with Crippen LogP contribution < -0.4 is 4.90 Å². The first kappa shape index (κ1) is 11.6. The van der Waals surface area contributed by atoms with Crippen molar-refractivity contribution in [2.24, 2.45) is 0 Å². The molecular weight excluding hydrogens is 291 g/mol. The maximum Gasteiger partial charge on any atom is 0.145 e. The average molecular weight is 306 g/mol. The summed E-state index contributed by atoms with van der Waals surface area (Å²) in [6, 6.07) is 0. The van der Waals surface area contributed by atoms with E-state index in [9.17, 15) is 0 Å². The molecule has 1 heterocycles. The minimum Gasteiger partial charge on any atom is -0.357 e. The third-order valence-corrected chi connectivity index (χ3v) is 2.65. The largest absolute Gasteiger partial charge is 0.357 e. The van der Waals surface area contributed by atoms with Gasteiger partial charge in [0.15, 0.2) is 0 Å². The fourth-order valence-corrected chi connectivity index (χ4v) is 1.75. The summed E-state index contributed by atoms with van der Waals surface area (Å²) in [6.07, 6.45) is 3.42. The molecule has 0 unspecified atom stereocenters. The number of rotatable bonds is 4. The van der Waals surface area contributed by atoms with Crippen molar-refractivity contribution in [2.45, 2.75) is 0 Å². The Kier molecular flexibility index (Phi) is 4.53. The molecule has 1 aromatic heterocycles. The number of anilines is 1. The monoisotopic (exact) mass is 306 g/mol. The van der Waals surface area contributed by atoms with Crippen LogP contribution in [-0.4, -0.2) is 49.1 Å². The van der Waals surface area contributed by atoms with Crippen LogP contribution in [0.5, 0.6) is 0 Å². The van der Waals surface area contributed by atoms with Gasteiger partial charge in [-0.1, -0.05) is 0 Å². The van der Waals surface area contributed by atoms with Gasteiger partial charge in [-0.2, -0.15) is 0 Å². The SMILES string of the molecule is CN(C)CCN(C)c1ncncc1I. The Morgan fingerprint density at radius 1 is 1.29 bits per heavy atom. The van der Waals surface area contributed by atoms with Crippen LogP contribution >= 0.6 is 22.6 Å². The lowest BCUT2D eigenvalue weighted by molar-refractivity contribution is 0.416. The molecule has 0 aliphatic carbocycles. The van der Waals surface area contributed by atoms with Crippen molar-refractivity contribution in [3.05, 3.63) is 16.1 Å². The molecule has 0 saturated carbocycles. The second-order valence-corrected chi connectivity index (χ2v) is 4.58. The van der Waals surface area contributed by atoms with Gasteiger partial charge in [0.25, 0.3) is 0 Å². The van der Waals surface area contributed by atoms with E-state index >= 15 is 0 Å². The molecule has 0 aliphatic heterocycles. The number of aromatic nitrogens is 2. The number of halogens is 1. The Hall–Kier alpha value is -0.430. The zero-order chi connectivity index (χ0) is 10.6. The first-order valence-corrected chi connectivity index (χ1v) is 5.50. The smallest absolute Gasteiger partial charge is 0.145 e. The highest BCUT2D eigenvalue weighted by Crippen LogP contribution is 2.15. The first-order valence-electron chi connectivity index (χ1n) is 4.42. The van der Waals surface area contributed by atoms with Crippen LogP contribution in [0.1, 0.15) is 0 Å². The second kappa shape index (κ2) is 5.45. The minimum atomic E-state index is 0.972. The van der Waals surface area contributed by atoms with Crippen LogP contribution in [0.4, 0.5) is 5.82 Å². The summed E-state index contributed by atoms with van der Waals surface area (Å²) in [5.74, 6) is 1.00. The van der Waals surface area contributed by atoms with Crippen molar-refractivity contribution in [3.63, 3.8) is 0 Å². The molecule has 0 bridgehead atoms. The molecule has 1 aromatic rings. The third kappa shape index (κ3) is 3.38. The van der Waals surface area contributed by atoms with E-state index in [0.717, 1.165) is 22.5 Å². The van der Waals surface area contributed by atoms with Crippen molar-refractivity contribution in [1.29, 1.82) is 0 Å². The number of nitrogens with zero attached hydrogens (tertiary/aromatic N) is 4. The van der Waals surface area contributed by atoms with E-state index in [-0.39, 0.29) is 0 Å². The molecule has 0 saturated heterocycles. The Morgan fingerprint density at radius 3 is 2.57 bits per heavy atom. The molecule has 14 heavy (non-hydrogen) atoms. The van der Waals surface area contributed by atoms with Gasteiger partial charge in [0.1, 0.15) is 12.1 Å². The predicted octanol–water partition coefficient (Wildman–Crippen LogP) is 1.08. The number of likely N-dealkylation sites (N-methyl/N-ethyl adjacent to an activating group) is 2. The Morgan fingerprint density at radius 2 is 2.00 bits per heavy atom. The fraction of sp³-hybridized carbons (Fsp3) is 0.556. The zero-order valence-electron chi connectivity index (χ0n) is 8.74. The van der Waals surface area contributed by atoms with Crippen molar-refractivity contribution in [3.8, 4) is 0 Å². The molecule has 0 aliphatic rings. The average Bonchev–Trinajstić information content (AvgIpc) is 2.15. The van der Waals surface area contributed by atoms with E-state index in [2.05, 4.69) is 56.5 Å². The Balaban J connectivity index is 2.60. The van der Waals surface area contributed by atoms with Gasteiger partial charge in [0.2, 0.25) is 0 Å². The number of hydrogen-bond donors (Lipinski definition) is 0. The van der Waals surface area contributed by atoms with Gasteiger partial charge < -0.3 is 9.80 Å². The Labute approximate surface area is 98.5 Å². The lowest BCUT2D eigenvalue weighted by atomic mass is 10.4. The standard InChI is InChI=1S/C9H15IN4/c1-13(2)4-5-14(3)9-8(10)6-11-7-12-9/h6-7H,4-5H2,1-3H3. The normalized spacial score (nSPS) is 10.6. The zero-order valence-corrected chi connectivity index (χ0v) is 10.9. The predicted molar refractivity (Wildman–Crippen MR) is 66.6 cm³/mol. The van der Waals surface area contributed by atoms with Crippen LogP contribution in [0.25, 0.3) is 0 Å². The van der Waals surface area contributed by atoms with E-state index in [0.29, 0.717) is 0 Å². The van der Waals surface area contributed by atoms with Crippen molar-refractivity contribution in [2.75, 3.05) is 39.1 Å². The lowest BCUT2D eigenvalue weighted by Gasteiger charge is -2.21. The Bertz CT molecular complexity index is 290. The van der Waals surface area contributed by atoms with Crippen molar-refractivity contribution in [1.82, 2.24) is 14.9 Å². The van der Waals surface area contributed by atoms with Gasteiger partial charge in [-0.05, 0) is 36.7 Å². The summed E-state index contributed by atoms with van der Waals surface area (Å²) in [5.41, 5.74) is 0. The molecule has 0 atom stereocenters. The van der Waals surface area contributed by atoms with Gasteiger partial charge >= 0.3 is 0 Å². The molecule has 0 aromatic carbocycles. The van der Waals surface area contributed by atoms with Crippen LogP contribution in [0, 0.1) is 3.57 Å². The van der Waals surface area contributed by atoms with E-state index < -0.39 is 0 Å². The summed E-state index contributed by atoms with van der Waals surface area (Å²) < 4.78 is 1.09. The molecule has 5 heteroatoms. The molecule has 4 nitrogen and oxygen atoms in total. The maximum absolute atomic E-state index is 4.24. The van der Waals surface area contributed by atoms with Gasteiger partial charge in [0, 0.05) is 26.3 Å². The summed E-state index contributed by atoms with van der Waals surface area (Å²) in [4.78, 5) is 12.5. The van der Waals surface area contributed by atoms with Crippen LogP contribution in [0.2, 0.25) is 0 Å². The summed E-state index contributed by atoms with van der Waals surface area (Å²) in [6.45, 7) is 2.00. The highest BCUT2D eigenvalue weighted by Gasteiger charge is 2.06. The molecule has 0 spiro atoms. The summed E-state index contributed by atoms with van der Waals surface area (Å²) >= 11 is 2.25. The van der Waals surface area contributed by atoms with E-state index in [4.69, 9.17) is 0 Å². The number of hydrogen-bond acceptors (Lipinski definition) is 4. The molecule has 78 valence electrons. The van der Waals surface area contributed by atoms with Gasteiger partial charge in [-0.3, -0.25) is 0 Å². The van der Waals surface area contributed by atoms with Crippen LogP contribution in [0.3, 0.4) is 0 Å². The van der Waals surface area contributed by atoms with Crippen molar-refractivity contribution >= 4 is 28.4 Å². The molecule has 0 N–H and O–H groups in total. The molecule has 0 amide bonds. The van der Waals surface area contributed by atoms with Crippen molar-refractivity contribution < 1.29 is 0 Å². The molecule has 0 fully saturated rings. The van der Waals surface area contributed by atoms with Gasteiger partial charge in [0.05, 0.1) is 3.57 Å². The molecule has 0 radical (unpaired) electrons. The van der Waals surface area contributed by atoms with E-state index in [1.807, 2.05) is 13.2 Å². The van der Waals surface area contributed by atoms with E-state index in [1.54, 1.807) is 6.33 Å². The highest BCUT2D eigenvalue weighted by atomic mass is 127. The highest BCUT2D eigenvalue weighted by molar-refractivity contribution is 14.1. The molecule has 1 rings (SSSR count). The minimum absolute atomic E-state index is 0.972. The first-order chi connectivity index (χ1) is 6.61. The summed E-state index contributed by atoms with van der Waals surface area (Å²) in [7, 11) is 6.19.